The van der Waals surface area contributed by atoms with Gasteiger partial charge in [0.2, 0.25) is 0 Å². The van der Waals surface area contributed by atoms with Crippen molar-refractivity contribution in [2.75, 3.05) is 11.9 Å². The molecule has 0 unspecified atom stereocenters. The van der Waals surface area contributed by atoms with E-state index in [0.717, 1.165) is 5.01 Å². The molecule has 0 aliphatic carbocycles. The van der Waals surface area contributed by atoms with E-state index < -0.39 is 12.0 Å². The van der Waals surface area contributed by atoms with Crippen molar-refractivity contribution in [3.63, 3.8) is 0 Å². The molecule has 1 aromatic rings. The van der Waals surface area contributed by atoms with Crippen LogP contribution >= 0.6 is 11.3 Å². The smallest absolute Gasteiger partial charge is 0.360 e. The van der Waals surface area contributed by atoms with Crippen LogP contribution in [0.4, 0.5) is 9.80 Å². The molecule has 0 aliphatic heterocycles. The van der Waals surface area contributed by atoms with Gasteiger partial charge < -0.3 is 10.5 Å². The zero-order valence-corrected chi connectivity index (χ0v) is 9.89. The van der Waals surface area contributed by atoms with Crippen molar-refractivity contribution < 1.29 is 14.3 Å². The summed E-state index contributed by atoms with van der Waals surface area (Å²) in [7, 11) is 0. The Balaban J connectivity index is 2.99. The summed E-state index contributed by atoms with van der Waals surface area (Å²) >= 11 is 1.22. The first-order chi connectivity index (χ1) is 7.58. The first kappa shape index (κ1) is 12.4. The number of carbonyl (C=O) groups excluding carboxylic acids is 2. The van der Waals surface area contributed by atoms with Gasteiger partial charge >= 0.3 is 12.0 Å². The molecule has 0 radical (unpaired) electrons. The van der Waals surface area contributed by atoms with E-state index in [2.05, 4.69) is 10.3 Å². The van der Waals surface area contributed by atoms with Crippen LogP contribution in [0.1, 0.15) is 29.3 Å². The van der Waals surface area contributed by atoms with Crippen LogP contribution in [0.25, 0.3) is 0 Å². The number of urea groups is 1. The minimum Gasteiger partial charge on any atom is -0.461 e. The third kappa shape index (κ3) is 2.93. The monoisotopic (exact) mass is 243 g/mol. The number of ether oxygens (including phenoxy) is 1. The number of anilines is 1. The van der Waals surface area contributed by atoms with Gasteiger partial charge in [0, 0.05) is 0 Å². The minimum absolute atomic E-state index is 0.113. The highest BCUT2D eigenvalue weighted by molar-refractivity contribution is 7.16. The number of hydrogen-bond acceptors (Lipinski definition) is 5. The number of nitrogens with zero attached hydrogens (tertiary/aromatic N) is 1. The van der Waals surface area contributed by atoms with Crippen molar-refractivity contribution in [2.24, 2.45) is 5.73 Å². The fourth-order valence-corrected chi connectivity index (χ4v) is 1.94. The van der Waals surface area contributed by atoms with Crippen LogP contribution in [0.15, 0.2) is 0 Å². The summed E-state index contributed by atoms with van der Waals surface area (Å²) in [6.45, 7) is 3.86. The maximum Gasteiger partial charge on any atom is 0.360 e. The van der Waals surface area contributed by atoms with Gasteiger partial charge in [0.15, 0.2) is 5.69 Å². The van der Waals surface area contributed by atoms with Gasteiger partial charge in [-0.1, -0.05) is 6.92 Å². The number of esters is 1. The summed E-state index contributed by atoms with van der Waals surface area (Å²) in [5.41, 5.74) is 5.11. The van der Waals surface area contributed by atoms with E-state index >= 15 is 0 Å². The lowest BCUT2D eigenvalue weighted by molar-refractivity contribution is 0.0521. The number of nitrogens with one attached hydrogen (secondary N) is 1. The lowest BCUT2D eigenvalue weighted by atomic mass is 10.4. The van der Waals surface area contributed by atoms with Gasteiger partial charge in [-0.15, -0.1) is 11.3 Å². The standard InChI is InChI=1S/C9H13N3O3S/c1-3-5-11-6(8(13)15-4-2)7(16-5)12-9(10)14/h3-4H2,1-2H3,(H3,10,12,14). The molecule has 7 heteroatoms. The zero-order valence-electron chi connectivity index (χ0n) is 9.07. The second-order valence-electron chi connectivity index (χ2n) is 2.85. The van der Waals surface area contributed by atoms with E-state index in [1.54, 1.807) is 6.92 Å². The van der Waals surface area contributed by atoms with Crippen molar-refractivity contribution in [3.05, 3.63) is 10.7 Å². The molecule has 3 N–H and O–H groups in total. The zero-order chi connectivity index (χ0) is 12.1. The van der Waals surface area contributed by atoms with Gasteiger partial charge in [0.25, 0.3) is 0 Å². The highest BCUT2D eigenvalue weighted by Crippen LogP contribution is 2.25. The molecule has 6 nitrogen and oxygen atoms in total. The van der Waals surface area contributed by atoms with Gasteiger partial charge in [-0.2, -0.15) is 0 Å². The van der Waals surface area contributed by atoms with E-state index in [4.69, 9.17) is 10.5 Å². The third-order valence-electron chi connectivity index (χ3n) is 1.68. The number of hydrogen-bond donors (Lipinski definition) is 2. The average Bonchev–Trinajstić information content (AvgIpc) is 2.60. The summed E-state index contributed by atoms with van der Waals surface area (Å²) in [5, 5.41) is 3.44. The van der Waals surface area contributed by atoms with Crippen molar-refractivity contribution in [1.29, 1.82) is 0 Å². The van der Waals surface area contributed by atoms with E-state index in [0.29, 0.717) is 11.4 Å². The Morgan fingerprint density at radius 1 is 1.50 bits per heavy atom. The first-order valence-corrected chi connectivity index (χ1v) is 5.63. The van der Waals surface area contributed by atoms with Gasteiger partial charge in [0.1, 0.15) is 5.00 Å². The Bertz CT molecular complexity index is 403. The molecule has 1 rings (SSSR count). The fraction of sp³-hybridized carbons (Fsp3) is 0.444. The van der Waals surface area contributed by atoms with Crippen LogP contribution < -0.4 is 11.1 Å². The number of primary amides is 1. The Labute approximate surface area is 96.8 Å². The van der Waals surface area contributed by atoms with Crippen LogP contribution in [0.5, 0.6) is 0 Å². The fourth-order valence-electron chi connectivity index (χ4n) is 1.05. The molecule has 0 saturated carbocycles. The maximum absolute atomic E-state index is 11.5. The number of nitrogens with two attached hydrogens (primary N) is 1. The molecule has 0 bridgehead atoms. The normalized spacial score (nSPS) is 9.88. The molecule has 0 spiro atoms. The van der Waals surface area contributed by atoms with Gasteiger partial charge in [-0.3, -0.25) is 5.32 Å². The summed E-state index contributed by atoms with van der Waals surface area (Å²) < 4.78 is 4.82. The summed E-state index contributed by atoms with van der Waals surface area (Å²) in [6, 6.07) is -0.725. The van der Waals surface area contributed by atoms with Gasteiger partial charge in [-0.05, 0) is 13.3 Å². The lowest BCUT2D eigenvalue weighted by Crippen LogP contribution is -2.20. The van der Waals surface area contributed by atoms with Crippen molar-refractivity contribution in [2.45, 2.75) is 20.3 Å². The number of aryl methyl sites for hydroxylation is 1. The van der Waals surface area contributed by atoms with Crippen LogP contribution in [-0.4, -0.2) is 23.6 Å². The highest BCUT2D eigenvalue weighted by Gasteiger charge is 2.19. The molecule has 0 fully saturated rings. The topological polar surface area (TPSA) is 94.3 Å². The van der Waals surface area contributed by atoms with Gasteiger partial charge in [-0.25, -0.2) is 14.6 Å². The minimum atomic E-state index is -0.725. The third-order valence-corrected chi connectivity index (χ3v) is 2.79. The molecular weight excluding hydrogens is 230 g/mol. The lowest BCUT2D eigenvalue weighted by Gasteiger charge is -2.01. The van der Waals surface area contributed by atoms with E-state index in [1.165, 1.54) is 11.3 Å². The Morgan fingerprint density at radius 2 is 2.19 bits per heavy atom. The molecule has 0 saturated heterocycles. The van der Waals surface area contributed by atoms with Gasteiger partial charge in [0.05, 0.1) is 11.6 Å². The number of amides is 2. The number of thiazole rings is 1. The van der Waals surface area contributed by atoms with E-state index in [-0.39, 0.29) is 12.3 Å². The predicted molar refractivity (Wildman–Crippen MR) is 60.7 cm³/mol. The molecule has 0 aliphatic rings. The Morgan fingerprint density at radius 3 is 2.69 bits per heavy atom. The quantitative estimate of drug-likeness (QED) is 0.781. The molecule has 1 aromatic heterocycles. The summed E-state index contributed by atoms with van der Waals surface area (Å²) in [5.74, 6) is -0.554. The summed E-state index contributed by atoms with van der Waals surface area (Å²) in [6.07, 6.45) is 0.678. The molecule has 0 atom stereocenters. The Kier molecular flexibility index (Phi) is 4.24. The maximum atomic E-state index is 11.5. The molecule has 0 aromatic carbocycles. The average molecular weight is 243 g/mol. The van der Waals surface area contributed by atoms with E-state index in [9.17, 15) is 9.59 Å². The summed E-state index contributed by atoms with van der Waals surface area (Å²) in [4.78, 5) is 26.3. The number of carbonyl (C=O) groups is 2. The Hall–Kier alpha value is -1.63. The van der Waals surface area contributed by atoms with Crippen molar-refractivity contribution >= 4 is 28.3 Å². The molecule has 16 heavy (non-hydrogen) atoms. The largest absolute Gasteiger partial charge is 0.461 e. The number of rotatable bonds is 4. The van der Waals surface area contributed by atoms with Crippen molar-refractivity contribution in [3.8, 4) is 0 Å². The first-order valence-electron chi connectivity index (χ1n) is 4.81. The van der Waals surface area contributed by atoms with E-state index in [1.807, 2.05) is 6.92 Å². The predicted octanol–water partition coefficient (Wildman–Crippen LogP) is 1.37. The SMILES string of the molecule is CCOC(=O)c1nc(CC)sc1NC(N)=O. The van der Waals surface area contributed by atoms with Crippen LogP contribution in [-0.2, 0) is 11.2 Å². The van der Waals surface area contributed by atoms with Crippen LogP contribution in [0.3, 0.4) is 0 Å². The van der Waals surface area contributed by atoms with Crippen LogP contribution in [0, 0.1) is 0 Å². The van der Waals surface area contributed by atoms with Crippen molar-refractivity contribution in [1.82, 2.24) is 4.98 Å². The molecule has 88 valence electrons. The second-order valence-corrected chi connectivity index (χ2v) is 3.93. The molecule has 1 heterocycles. The number of aromatic nitrogens is 1. The highest BCUT2D eigenvalue weighted by atomic mass is 32.1. The second kappa shape index (κ2) is 5.45. The van der Waals surface area contributed by atoms with Crippen LogP contribution in [0.2, 0.25) is 0 Å². The molecular formula is C9H13N3O3S. The molecule has 2 amide bonds.